The molecular formula is C20H20F3N5O3S. The van der Waals surface area contributed by atoms with E-state index in [-0.39, 0.29) is 5.92 Å². The van der Waals surface area contributed by atoms with Gasteiger partial charge in [-0.15, -0.1) is 0 Å². The van der Waals surface area contributed by atoms with Crippen LogP contribution in [0.15, 0.2) is 41.6 Å². The van der Waals surface area contributed by atoms with Crippen LogP contribution < -0.4 is 9.46 Å². The summed E-state index contributed by atoms with van der Waals surface area (Å²) in [5.74, 6) is -3.18. The van der Waals surface area contributed by atoms with Gasteiger partial charge in [-0.3, -0.25) is 9.40 Å². The second-order valence-corrected chi connectivity index (χ2v) is 9.42. The topological polar surface area (TPSA) is 99.0 Å². The van der Waals surface area contributed by atoms with Crippen LogP contribution in [-0.4, -0.2) is 33.8 Å². The first kappa shape index (κ1) is 22.1. The van der Waals surface area contributed by atoms with Crippen molar-refractivity contribution in [3.63, 3.8) is 0 Å². The summed E-state index contributed by atoms with van der Waals surface area (Å²) >= 11 is 0. The molecule has 0 bridgehead atoms. The molecule has 1 N–H and O–H groups in total. The van der Waals surface area contributed by atoms with Gasteiger partial charge in [-0.2, -0.15) is 14.5 Å². The number of ether oxygens (including phenoxy) is 1. The molecule has 0 radical (unpaired) electrons. The Kier molecular flexibility index (Phi) is 5.57. The second-order valence-electron chi connectivity index (χ2n) is 7.77. The molecule has 3 aromatic rings. The van der Waals surface area contributed by atoms with Crippen molar-refractivity contribution < 1.29 is 26.3 Å². The number of aromatic nitrogens is 4. The molecule has 2 atom stereocenters. The van der Waals surface area contributed by atoms with Gasteiger partial charge in [0.05, 0.1) is 0 Å². The Morgan fingerprint density at radius 3 is 2.66 bits per heavy atom. The fourth-order valence-electron chi connectivity index (χ4n) is 4.08. The molecule has 0 saturated heterocycles. The molecule has 0 unspecified atom stereocenters. The molecule has 0 amide bonds. The highest BCUT2D eigenvalue weighted by molar-refractivity contribution is 7.92. The van der Waals surface area contributed by atoms with Crippen LogP contribution in [0.1, 0.15) is 37.8 Å². The number of hydrogen-bond donors (Lipinski definition) is 1. The zero-order chi connectivity index (χ0) is 23.1. The number of halogens is 3. The molecule has 1 fully saturated rings. The SMILES string of the molecule is Cn1nccc1[C@H]1CCC[C@@]1(C)Oc1cc(F)c(S(=O)(=O)Nc2ccnc(F)n2)cc1F. The lowest BCUT2D eigenvalue weighted by Gasteiger charge is -2.33. The van der Waals surface area contributed by atoms with Gasteiger partial charge in [0.25, 0.3) is 10.0 Å². The van der Waals surface area contributed by atoms with Gasteiger partial charge in [-0.05, 0) is 32.3 Å². The Bertz CT molecular complexity index is 1270. The molecule has 8 nitrogen and oxygen atoms in total. The Balaban J connectivity index is 1.62. The molecule has 4 rings (SSSR count). The van der Waals surface area contributed by atoms with Crippen molar-refractivity contribution in [1.29, 1.82) is 0 Å². The van der Waals surface area contributed by atoms with Crippen LogP contribution in [0, 0.1) is 17.7 Å². The van der Waals surface area contributed by atoms with E-state index < -0.39 is 49.8 Å². The van der Waals surface area contributed by atoms with E-state index in [1.807, 2.05) is 17.7 Å². The maximum atomic E-state index is 14.8. The first-order chi connectivity index (χ1) is 15.1. The van der Waals surface area contributed by atoms with Gasteiger partial charge in [0.15, 0.2) is 11.6 Å². The van der Waals surface area contributed by atoms with Crippen LogP contribution in [0.5, 0.6) is 5.75 Å². The molecule has 12 heteroatoms. The Labute approximate surface area is 182 Å². The molecule has 2 aromatic heterocycles. The van der Waals surface area contributed by atoms with Crippen molar-refractivity contribution in [3.8, 4) is 5.75 Å². The molecule has 1 saturated carbocycles. The summed E-state index contributed by atoms with van der Waals surface area (Å²) in [7, 11) is -2.79. The third-order valence-electron chi connectivity index (χ3n) is 5.60. The predicted molar refractivity (Wildman–Crippen MR) is 108 cm³/mol. The van der Waals surface area contributed by atoms with Gasteiger partial charge in [-0.25, -0.2) is 22.2 Å². The van der Waals surface area contributed by atoms with Crippen LogP contribution in [0.2, 0.25) is 0 Å². The molecule has 170 valence electrons. The van der Waals surface area contributed by atoms with E-state index in [1.165, 1.54) is 0 Å². The van der Waals surface area contributed by atoms with Crippen LogP contribution in [0.25, 0.3) is 0 Å². The van der Waals surface area contributed by atoms with Crippen LogP contribution in [0.4, 0.5) is 19.0 Å². The second kappa shape index (κ2) is 8.08. The summed E-state index contributed by atoms with van der Waals surface area (Å²) in [5.41, 5.74) is 0.0735. The average Bonchev–Trinajstić information content (AvgIpc) is 3.29. The third kappa shape index (κ3) is 4.14. The Morgan fingerprint density at radius 2 is 1.97 bits per heavy atom. The maximum absolute atomic E-state index is 14.8. The predicted octanol–water partition coefficient (Wildman–Crippen LogP) is 3.53. The van der Waals surface area contributed by atoms with Gasteiger partial charge in [0.1, 0.15) is 22.1 Å². The summed E-state index contributed by atoms with van der Waals surface area (Å²) in [6, 6.07) is 4.16. The molecule has 1 aromatic carbocycles. The number of rotatable bonds is 6. The molecule has 2 heterocycles. The number of nitrogens with one attached hydrogen (secondary N) is 1. The summed E-state index contributed by atoms with van der Waals surface area (Å²) in [6.07, 6.45) is 3.67. The van der Waals surface area contributed by atoms with E-state index in [0.717, 1.165) is 30.8 Å². The fourth-order valence-corrected chi connectivity index (χ4v) is 5.15. The smallest absolute Gasteiger partial charge is 0.310 e. The highest BCUT2D eigenvalue weighted by Gasteiger charge is 2.44. The normalized spacial score (nSPS) is 21.0. The monoisotopic (exact) mass is 467 g/mol. The summed E-state index contributed by atoms with van der Waals surface area (Å²) in [5, 5.41) is 4.16. The van der Waals surface area contributed by atoms with Crippen LogP contribution >= 0.6 is 0 Å². The quantitative estimate of drug-likeness (QED) is 0.557. The standard InChI is InChI=1S/C20H20F3N5O3S/c1-20(7-3-4-12(20)15-5-9-25-28(15)2)31-16-10-14(22)17(11-13(16)21)32(29,30)27-18-6-8-24-19(23)26-18/h5-6,8-12H,3-4,7H2,1-2H3,(H,24,26,27)/t12-,20-/m1/s1. The number of benzene rings is 1. The van der Waals surface area contributed by atoms with Crippen LogP contribution in [0.3, 0.4) is 0 Å². The van der Waals surface area contributed by atoms with E-state index >= 15 is 0 Å². The minimum Gasteiger partial charge on any atom is -0.484 e. The lowest BCUT2D eigenvalue weighted by atomic mass is 9.89. The van der Waals surface area contributed by atoms with Gasteiger partial charge >= 0.3 is 6.08 Å². The van der Waals surface area contributed by atoms with Crippen LogP contribution in [-0.2, 0) is 17.1 Å². The molecular weight excluding hydrogens is 447 g/mol. The van der Waals surface area contributed by atoms with Gasteiger partial charge in [0, 0.05) is 49.3 Å². The third-order valence-corrected chi connectivity index (χ3v) is 6.97. The van der Waals surface area contributed by atoms with Crippen molar-refractivity contribution in [2.75, 3.05) is 4.72 Å². The number of nitrogens with zero attached hydrogens (tertiary/aromatic N) is 4. The molecule has 0 aliphatic heterocycles. The molecule has 32 heavy (non-hydrogen) atoms. The van der Waals surface area contributed by atoms with Crippen molar-refractivity contribution in [2.24, 2.45) is 7.05 Å². The highest BCUT2D eigenvalue weighted by atomic mass is 32.2. The Hall–Kier alpha value is -3.15. The largest absolute Gasteiger partial charge is 0.484 e. The summed E-state index contributed by atoms with van der Waals surface area (Å²) < 4.78 is 77.3. The first-order valence-electron chi connectivity index (χ1n) is 9.76. The van der Waals surface area contributed by atoms with Crippen molar-refractivity contribution in [3.05, 3.63) is 60.1 Å². The molecule has 1 aliphatic rings. The molecule has 1 aliphatic carbocycles. The van der Waals surface area contributed by atoms with Gasteiger partial charge < -0.3 is 4.74 Å². The van der Waals surface area contributed by atoms with Crippen molar-refractivity contribution >= 4 is 15.8 Å². The lowest BCUT2D eigenvalue weighted by Crippen LogP contribution is -2.36. The zero-order valence-electron chi connectivity index (χ0n) is 17.2. The van der Waals surface area contributed by atoms with Gasteiger partial charge in [-0.1, -0.05) is 0 Å². The minimum absolute atomic E-state index is 0.102. The number of anilines is 1. The van der Waals surface area contributed by atoms with Crippen molar-refractivity contribution in [2.45, 2.75) is 42.6 Å². The first-order valence-corrected chi connectivity index (χ1v) is 11.2. The number of hydrogen-bond acceptors (Lipinski definition) is 6. The fraction of sp³-hybridized carbons (Fsp3) is 0.350. The van der Waals surface area contributed by atoms with E-state index in [1.54, 1.807) is 17.9 Å². The minimum atomic E-state index is -4.58. The van der Waals surface area contributed by atoms with E-state index in [0.29, 0.717) is 18.6 Å². The average molecular weight is 467 g/mol. The highest BCUT2D eigenvalue weighted by Crippen LogP contribution is 2.46. The number of sulfonamides is 1. The van der Waals surface area contributed by atoms with Crippen molar-refractivity contribution in [1.82, 2.24) is 19.7 Å². The van der Waals surface area contributed by atoms with E-state index in [9.17, 15) is 21.6 Å². The lowest BCUT2D eigenvalue weighted by molar-refractivity contribution is 0.0699. The zero-order valence-corrected chi connectivity index (χ0v) is 18.0. The molecule has 0 spiro atoms. The van der Waals surface area contributed by atoms with Gasteiger partial charge in [0.2, 0.25) is 0 Å². The summed E-state index contributed by atoms with van der Waals surface area (Å²) in [4.78, 5) is 5.50. The van der Waals surface area contributed by atoms with E-state index in [4.69, 9.17) is 4.74 Å². The summed E-state index contributed by atoms with van der Waals surface area (Å²) in [6.45, 7) is 1.81. The maximum Gasteiger partial charge on any atom is 0.310 e. The Morgan fingerprint density at radius 1 is 1.19 bits per heavy atom. The van der Waals surface area contributed by atoms with E-state index in [2.05, 4.69) is 15.1 Å². The number of aryl methyl sites for hydroxylation is 1.